The molecule has 1 aromatic carbocycles. The molecule has 2 heteroatoms. The first-order chi connectivity index (χ1) is 11.1. The number of rotatable bonds is 2. The summed E-state index contributed by atoms with van der Waals surface area (Å²) in [5.41, 5.74) is 5.95. The van der Waals surface area contributed by atoms with Crippen molar-refractivity contribution in [2.24, 2.45) is 0 Å². The molecule has 0 spiro atoms. The van der Waals surface area contributed by atoms with Crippen LogP contribution in [0.4, 0.5) is 0 Å². The predicted octanol–water partition coefficient (Wildman–Crippen LogP) is 6.47. The van der Waals surface area contributed by atoms with Crippen molar-refractivity contribution in [2.75, 3.05) is 0 Å². The highest BCUT2D eigenvalue weighted by Crippen LogP contribution is 2.40. The Morgan fingerprint density at radius 2 is 1.91 bits per heavy atom. The van der Waals surface area contributed by atoms with E-state index >= 15 is 0 Å². The van der Waals surface area contributed by atoms with Gasteiger partial charge in [0, 0.05) is 16.9 Å². The molecule has 0 amide bonds. The molecule has 2 aliphatic carbocycles. The average Bonchev–Trinajstić information content (AvgIpc) is 3.05. The fourth-order valence-corrected chi connectivity index (χ4v) is 5.43. The number of fused-ring (bicyclic) bond motifs is 1. The van der Waals surface area contributed by atoms with Crippen molar-refractivity contribution in [3.05, 3.63) is 39.7 Å². The Morgan fingerprint density at radius 3 is 2.74 bits per heavy atom. The van der Waals surface area contributed by atoms with Gasteiger partial charge in [0.15, 0.2) is 0 Å². The first kappa shape index (κ1) is 15.4. The highest BCUT2D eigenvalue weighted by atomic mass is 32.1. The molecule has 0 saturated heterocycles. The van der Waals surface area contributed by atoms with E-state index in [-0.39, 0.29) is 0 Å². The molecule has 1 saturated carbocycles. The smallest absolute Gasteiger partial charge is 0.0963 e. The molecule has 1 heterocycles. The third kappa shape index (κ3) is 2.98. The van der Waals surface area contributed by atoms with Crippen LogP contribution in [-0.2, 0) is 11.8 Å². The molecule has 2 aliphatic rings. The van der Waals surface area contributed by atoms with Crippen molar-refractivity contribution < 1.29 is 0 Å². The second-order valence-electron chi connectivity index (χ2n) is 8.02. The number of hydrogen-bond donors (Lipinski definition) is 0. The fourth-order valence-electron chi connectivity index (χ4n) is 4.43. The summed E-state index contributed by atoms with van der Waals surface area (Å²) in [6.07, 6.45) is 10.7. The van der Waals surface area contributed by atoms with Gasteiger partial charge in [-0.1, -0.05) is 45.2 Å². The third-order valence-electron chi connectivity index (χ3n) is 5.85. The van der Waals surface area contributed by atoms with Gasteiger partial charge < -0.3 is 0 Å². The average molecular weight is 326 g/mol. The molecule has 0 atom stereocenters. The van der Waals surface area contributed by atoms with Gasteiger partial charge >= 0.3 is 0 Å². The molecule has 0 unspecified atom stereocenters. The van der Waals surface area contributed by atoms with E-state index in [1.54, 1.807) is 11.1 Å². The number of aromatic nitrogens is 1. The largest absolute Gasteiger partial charge is 0.241 e. The number of hydrogen-bond acceptors (Lipinski definition) is 2. The van der Waals surface area contributed by atoms with Gasteiger partial charge in [-0.05, 0) is 54.7 Å². The topological polar surface area (TPSA) is 12.9 Å². The van der Waals surface area contributed by atoms with Crippen LogP contribution < -0.4 is 0 Å². The Bertz CT molecular complexity index is 692. The maximum absolute atomic E-state index is 5.01. The molecule has 0 radical (unpaired) electrons. The number of thiazole rings is 1. The van der Waals surface area contributed by atoms with Gasteiger partial charge in [0.1, 0.15) is 0 Å². The normalized spacial score (nSPS) is 21.1. The molecule has 1 fully saturated rings. The number of nitrogens with zero attached hydrogens (tertiary/aromatic N) is 1. The van der Waals surface area contributed by atoms with Crippen molar-refractivity contribution in [3.63, 3.8) is 0 Å². The summed E-state index contributed by atoms with van der Waals surface area (Å²) in [4.78, 5) is 5.01. The van der Waals surface area contributed by atoms with Gasteiger partial charge in [0.2, 0.25) is 0 Å². The highest BCUT2D eigenvalue weighted by molar-refractivity contribution is 7.10. The molecule has 0 aliphatic heterocycles. The van der Waals surface area contributed by atoms with E-state index in [0.29, 0.717) is 5.41 Å². The van der Waals surface area contributed by atoms with Crippen LogP contribution in [0.2, 0.25) is 0 Å². The maximum Gasteiger partial charge on any atom is 0.0963 e. The van der Waals surface area contributed by atoms with Crippen molar-refractivity contribution in [1.82, 2.24) is 4.98 Å². The first-order valence-corrected chi connectivity index (χ1v) is 10.1. The van der Waals surface area contributed by atoms with Crippen LogP contribution in [0.5, 0.6) is 0 Å². The van der Waals surface area contributed by atoms with Crippen LogP contribution in [0.3, 0.4) is 0 Å². The summed E-state index contributed by atoms with van der Waals surface area (Å²) >= 11 is 1.88. The molecule has 23 heavy (non-hydrogen) atoms. The van der Waals surface area contributed by atoms with Crippen molar-refractivity contribution in [3.8, 4) is 11.3 Å². The molecule has 2 aromatic rings. The van der Waals surface area contributed by atoms with Gasteiger partial charge in [-0.25, -0.2) is 4.98 Å². The Hall–Kier alpha value is -1.15. The van der Waals surface area contributed by atoms with Crippen LogP contribution in [0, 0.1) is 0 Å². The minimum Gasteiger partial charge on any atom is -0.241 e. The van der Waals surface area contributed by atoms with Crippen molar-refractivity contribution in [1.29, 1.82) is 0 Å². The molecule has 0 bridgehead atoms. The monoisotopic (exact) mass is 325 g/mol. The summed E-state index contributed by atoms with van der Waals surface area (Å²) in [6.45, 7) is 4.77. The molecule has 0 N–H and O–H groups in total. The Kier molecular flexibility index (Phi) is 4.05. The second-order valence-corrected chi connectivity index (χ2v) is 8.90. The minimum absolute atomic E-state index is 0.335. The first-order valence-electron chi connectivity index (χ1n) is 9.23. The number of aryl methyl sites for hydroxylation is 1. The zero-order valence-corrected chi connectivity index (χ0v) is 15.2. The Morgan fingerprint density at radius 1 is 1.09 bits per heavy atom. The van der Waals surface area contributed by atoms with E-state index < -0.39 is 0 Å². The molecule has 122 valence electrons. The lowest BCUT2D eigenvalue weighted by molar-refractivity contribution is 0.432. The quantitative estimate of drug-likeness (QED) is 0.616. The fraction of sp³-hybridized carbons (Fsp3) is 0.571. The van der Waals surface area contributed by atoms with E-state index in [4.69, 9.17) is 4.98 Å². The summed E-state index contributed by atoms with van der Waals surface area (Å²) in [7, 11) is 0. The van der Waals surface area contributed by atoms with Crippen LogP contribution in [0.15, 0.2) is 23.6 Å². The van der Waals surface area contributed by atoms with Gasteiger partial charge in [0.25, 0.3) is 0 Å². The van der Waals surface area contributed by atoms with Crippen LogP contribution in [0.1, 0.15) is 80.8 Å². The minimum atomic E-state index is 0.335. The van der Waals surface area contributed by atoms with E-state index in [0.717, 1.165) is 5.92 Å². The maximum atomic E-state index is 5.01. The van der Waals surface area contributed by atoms with Gasteiger partial charge in [0.05, 0.1) is 10.7 Å². The Balaban J connectivity index is 1.62. The lowest BCUT2D eigenvalue weighted by Crippen LogP contribution is -2.23. The third-order valence-corrected chi connectivity index (χ3v) is 6.86. The van der Waals surface area contributed by atoms with E-state index in [1.807, 2.05) is 11.3 Å². The predicted molar refractivity (Wildman–Crippen MR) is 99.3 cm³/mol. The zero-order chi connectivity index (χ0) is 15.9. The van der Waals surface area contributed by atoms with Gasteiger partial charge in [-0.15, -0.1) is 11.3 Å². The van der Waals surface area contributed by atoms with Crippen LogP contribution >= 0.6 is 11.3 Å². The van der Waals surface area contributed by atoms with E-state index in [9.17, 15) is 0 Å². The molecule has 1 nitrogen and oxygen atoms in total. The summed E-state index contributed by atoms with van der Waals surface area (Å²) in [6, 6.07) is 7.07. The molecular formula is C21H27NS. The molecular weight excluding hydrogens is 298 g/mol. The van der Waals surface area contributed by atoms with Gasteiger partial charge in [-0.2, -0.15) is 0 Å². The van der Waals surface area contributed by atoms with E-state index in [1.165, 1.54) is 67.6 Å². The summed E-state index contributed by atoms with van der Waals surface area (Å²) < 4.78 is 0. The Labute approximate surface area is 144 Å². The lowest BCUT2D eigenvalue weighted by Gasteiger charge is -2.32. The summed E-state index contributed by atoms with van der Waals surface area (Å²) in [5, 5.41) is 3.65. The SMILES string of the molecule is CC1(C)CCCc2cc(-c3csc(C4CCCCC4)n3)ccc21. The summed E-state index contributed by atoms with van der Waals surface area (Å²) in [5.74, 6) is 0.721. The standard InChI is InChI=1S/C21H27NS/c1-21(2)12-6-9-16-13-17(10-11-18(16)21)19-14-23-20(22-19)15-7-4-3-5-8-15/h10-11,13-15H,3-9,12H2,1-2H3. The molecule has 4 rings (SSSR count). The second kappa shape index (κ2) is 6.05. The van der Waals surface area contributed by atoms with E-state index in [2.05, 4.69) is 37.4 Å². The van der Waals surface area contributed by atoms with Crippen molar-refractivity contribution >= 4 is 11.3 Å². The zero-order valence-electron chi connectivity index (χ0n) is 14.4. The lowest BCUT2D eigenvalue weighted by atomic mass is 9.72. The number of benzene rings is 1. The highest BCUT2D eigenvalue weighted by Gasteiger charge is 2.27. The van der Waals surface area contributed by atoms with Crippen LogP contribution in [0.25, 0.3) is 11.3 Å². The van der Waals surface area contributed by atoms with Crippen LogP contribution in [-0.4, -0.2) is 4.98 Å². The molecule has 1 aromatic heterocycles. The van der Waals surface area contributed by atoms with Gasteiger partial charge in [-0.3, -0.25) is 0 Å². The van der Waals surface area contributed by atoms with Crippen molar-refractivity contribution in [2.45, 2.75) is 76.5 Å².